The summed E-state index contributed by atoms with van der Waals surface area (Å²) in [6, 6.07) is 8.86. The third-order valence-corrected chi connectivity index (χ3v) is 6.42. The molecule has 0 aliphatic heterocycles. The normalized spacial score (nSPS) is 11.7. The highest BCUT2D eigenvalue weighted by Gasteiger charge is 2.32. The van der Waals surface area contributed by atoms with Crippen LogP contribution in [-0.2, 0) is 22.7 Å². The van der Waals surface area contributed by atoms with E-state index in [1.54, 1.807) is 18.3 Å². The Balaban J connectivity index is 2.03. The molecule has 0 radical (unpaired) electrons. The number of nitrogens with zero attached hydrogens (tertiary/aromatic N) is 2. The van der Waals surface area contributed by atoms with E-state index in [2.05, 4.69) is 9.71 Å². The molecule has 0 atom stereocenters. The van der Waals surface area contributed by atoms with Crippen molar-refractivity contribution in [1.29, 1.82) is 0 Å². The van der Waals surface area contributed by atoms with Crippen LogP contribution < -0.4 is 4.72 Å². The number of aldehydes is 1. The molecule has 1 aromatic heterocycles. The van der Waals surface area contributed by atoms with E-state index in [1.807, 2.05) is 0 Å². The van der Waals surface area contributed by atoms with Crippen molar-refractivity contribution in [2.24, 2.45) is 0 Å². The number of hydrogen-bond acceptors (Lipinski definition) is 5. The van der Waals surface area contributed by atoms with Crippen LogP contribution in [0.3, 0.4) is 0 Å². The van der Waals surface area contributed by atoms with Crippen LogP contribution in [0, 0.1) is 0 Å². The second-order valence-corrected chi connectivity index (χ2v) is 9.24. The maximum atomic E-state index is 13.2. The lowest BCUT2D eigenvalue weighted by atomic mass is 10.0. The number of nitrogens with one attached hydrogen (secondary N) is 1. The zero-order valence-corrected chi connectivity index (χ0v) is 19.1. The summed E-state index contributed by atoms with van der Waals surface area (Å²) in [4.78, 5) is 29.4. The Labute approximate surface area is 198 Å². The van der Waals surface area contributed by atoms with Gasteiger partial charge in [-0.25, -0.2) is 8.42 Å². The number of halogens is 4. The molecule has 3 aromatic rings. The van der Waals surface area contributed by atoms with Crippen LogP contribution in [0.15, 0.2) is 65.8 Å². The second-order valence-electron chi connectivity index (χ2n) is 7.16. The van der Waals surface area contributed by atoms with Crippen LogP contribution in [0.1, 0.15) is 31.8 Å². The van der Waals surface area contributed by atoms with Gasteiger partial charge in [-0.05, 0) is 42.0 Å². The van der Waals surface area contributed by atoms with Crippen molar-refractivity contribution in [1.82, 2.24) is 9.88 Å². The fraction of sp³-hybridized carbons (Fsp3) is 0.136. The van der Waals surface area contributed by atoms with Crippen molar-refractivity contribution in [2.45, 2.75) is 17.6 Å². The molecule has 34 heavy (non-hydrogen) atoms. The van der Waals surface area contributed by atoms with Gasteiger partial charge in [-0.2, -0.15) is 13.2 Å². The lowest BCUT2D eigenvalue weighted by molar-refractivity contribution is -0.137. The number of benzene rings is 2. The van der Waals surface area contributed by atoms with Gasteiger partial charge in [0.2, 0.25) is 0 Å². The molecule has 0 saturated heterocycles. The Hall–Kier alpha value is -3.44. The van der Waals surface area contributed by atoms with Crippen molar-refractivity contribution in [2.75, 3.05) is 11.8 Å². The van der Waals surface area contributed by atoms with Crippen LogP contribution in [-0.4, -0.2) is 37.5 Å². The molecule has 0 unspecified atom stereocenters. The van der Waals surface area contributed by atoms with Gasteiger partial charge in [-0.1, -0.05) is 23.7 Å². The van der Waals surface area contributed by atoms with Gasteiger partial charge < -0.3 is 4.90 Å². The number of amides is 1. The molecule has 0 bridgehead atoms. The standard InChI is InChI=1S/C22H17ClF3N3O4S/c1-29(12-14-4-3-9-27-11-14)21(31)20-17(13-30)18(23)7-8-19(20)28-34(32,33)16-6-2-5-15(10-16)22(24,25)26/h2-11,13,28H,12H2,1H3. The molecular weight excluding hydrogens is 495 g/mol. The summed E-state index contributed by atoms with van der Waals surface area (Å²) in [7, 11) is -3.14. The van der Waals surface area contributed by atoms with E-state index in [-0.39, 0.29) is 28.4 Å². The number of pyridine rings is 1. The number of alkyl halides is 3. The summed E-state index contributed by atoms with van der Waals surface area (Å²) in [6.45, 7) is 0.0807. The quantitative estimate of drug-likeness (QED) is 0.466. The average Bonchev–Trinajstić information content (AvgIpc) is 2.79. The molecule has 0 aliphatic rings. The Morgan fingerprint density at radius 1 is 1.18 bits per heavy atom. The summed E-state index contributed by atoms with van der Waals surface area (Å²) >= 11 is 6.06. The summed E-state index contributed by atoms with van der Waals surface area (Å²) in [5.74, 6) is -0.741. The minimum absolute atomic E-state index is 0.0807. The number of sulfonamides is 1. The van der Waals surface area contributed by atoms with E-state index in [0.717, 1.165) is 24.3 Å². The van der Waals surface area contributed by atoms with Crippen molar-refractivity contribution >= 4 is 39.5 Å². The highest BCUT2D eigenvalue weighted by molar-refractivity contribution is 7.92. The first-order chi connectivity index (χ1) is 15.9. The Morgan fingerprint density at radius 2 is 1.91 bits per heavy atom. The summed E-state index contributed by atoms with van der Waals surface area (Å²) in [6.07, 6.45) is -1.38. The zero-order valence-electron chi connectivity index (χ0n) is 17.5. The summed E-state index contributed by atoms with van der Waals surface area (Å²) < 4.78 is 67.0. The topological polar surface area (TPSA) is 96.4 Å². The first-order valence-corrected chi connectivity index (χ1v) is 11.4. The van der Waals surface area contributed by atoms with Gasteiger partial charge in [-0.15, -0.1) is 0 Å². The monoisotopic (exact) mass is 511 g/mol. The van der Waals surface area contributed by atoms with Crippen molar-refractivity contribution in [3.05, 3.63) is 88.2 Å². The van der Waals surface area contributed by atoms with Gasteiger partial charge in [0.15, 0.2) is 6.29 Å². The van der Waals surface area contributed by atoms with E-state index in [0.29, 0.717) is 17.9 Å². The molecular formula is C22H17ClF3N3O4S. The third-order valence-electron chi connectivity index (χ3n) is 4.73. The van der Waals surface area contributed by atoms with Gasteiger partial charge >= 0.3 is 6.18 Å². The minimum atomic E-state index is -4.76. The number of carbonyl (C=O) groups excluding carboxylic acids is 2. The lowest BCUT2D eigenvalue weighted by Crippen LogP contribution is -2.29. The van der Waals surface area contributed by atoms with Gasteiger partial charge in [0, 0.05) is 31.5 Å². The minimum Gasteiger partial charge on any atom is -0.337 e. The number of carbonyl (C=O) groups is 2. The maximum Gasteiger partial charge on any atom is 0.416 e. The van der Waals surface area contributed by atoms with E-state index in [9.17, 15) is 31.2 Å². The van der Waals surface area contributed by atoms with E-state index >= 15 is 0 Å². The third kappa shape index (κ3) is 5.54. The van der Waals surface area contributed by atoms with Gasteiger partial charge in [0.25, 0.3) is 15.9 Å². The average molecular weight is 512 g/mol. The van der Waals surface area contributed by atoms with Crippen LogP contribution in [0.25, 0.3) is 0 Å². The number of hydrogen-bond donors (Lipinski definition) is 1. The molecule has 7 nitrogen and oxygen atoms in total. The Bertz CT molecular complexity index is 1330. The summed E-state index contributed by atoms with van der Waals surface area (Å²) in [5.41, 5.74) is -1.42. The Kier molecular flexibility index (Phi) is 7.27. The maximum absolute atomic E-state index is 13.2. The highest BCUT2D eigenvalue weighted by atomic mass is 35.5. The predicted octanol–water partition coefficient (Wildman–Crippen LogP) is 4.64. The SMILES string of the molecule is CN(Cc1cccnc1)C(=O)c1c(NS(=O)(=O)c2cccc(C(F)(F)F)c2)ccc(Cl)c1C=O. The molecule has 12 heteroatoms. The zero-order chi connectivity index (χ0) is 25.1. The summed E-state index contributed by atoms with van der Waals surface area (Å²) in [5, 5.41) is -0.102. The van der Waals surface area contributed by atoms with Crippen LogP contribution >= 0.6 is 11.6 Å². The highest BCUT2D eigenvalue weighted by Crippen LogP contribution is 2.32. The van der Waals surface area contributed by atoms with E-state index in [1.165, 1.54) is 24.2 Å². The molecule has 0 spiro atoms. The van der Waals surface area contributed by atoms with E-state index in [4.69, 9.17) is 11.6 Å². The predicted molar refractivity (Wildman–Crippen MR) is 119 cm³/mol. The number of aromatic nitrogens is 1. The molecule has 1 amide bonds. The molecule has 1 N–H and O–H groups in total. The lowest BCUT2D eigenvalue weighted by Gasteiger charge is -2.21. The van der Waals surface area contributed by atoms with Crippen molar-refractivity contribution in [3.8, 4) is 0 Å². The Morgan fingerprint density at radius 3 is 2.53 bits per heavy atom. The van der Waals surface area contributed by atoms with E-state index < -0.39 is 32.6 Å². The van der Waals surface area contributed by atoms with Gasteiger partial charge in [0.1, 0.15) is 0 Å². The molecule has 1 heterocycles. The molecule has 0 saturated carbocycles. The van der Waals surface area contributed by atoms with Crippen molar-refractivity contribution < 1.29 is 31.2 Å². The first kappa shape index (κ1) is 25.2. The van der Waals surface area contributed by atoms with Crippen LogP contribution in [0.2, 0.25) is 5.02 Å². The first-order valence-electron chi connectivity index (χ1n) is 9.56. The largest absolute Gasteiger partial charge is 0.416 e. The second kappa shape index (κ2) is 9.82. The molecule has 3 rings (SSSR count). The van der Waals surface area contributed by atoms with Gasteiger partial charge in [-0.3, -0.25) is 19.3 Å². The number of anilines is 1. The fourth-order valence-electron chi connectivity index (χ4n) is 3.10. The molecule has 0 fully saturated rings. The molecule has 0 aliphatic carbocycles. The fourth-order valence-corrected chi connectivity index (χ4v) is 4.42. The number of rotatable bonds is 7. The van der Waals surface area contributed by atoms with Gasteiger partial charge in [0.05, 0.1) is 26.7 Å². The van der Waals surface area contributed by atoms with Crippen LogP contribution in [0.4, 0.5) is 18.9 Å². The van der Waals surface area contributed by atoms with Crippen LogP contribution in [0.5, 0.6) is 0 Å². The smallest absolute Gasteiger partial charge is 0.337 e. The molecule has 178 valence electrons. The molecule has 2 aromatic carbocycles. The van der Waals surface area contributed by atoms with Crippen molar-refractivity contribution in [3.63, 3.8) is 0 Å².